The van der Waals surface area contributed by atoms with Gasteiger partial charge < -0.3 is 19.6 Å². The molecule has 0 spiro atoms. The average Bonchev–Trinajstić information content (AvgIpc) is 3.05. The first-order chi connectivity index (χ1) is 12.7. The molecule has 2 aromatic carbocycles. The van der Waals surface area contributed by atoms with Crippen LogP contribution in [0.15, 0.2) is 52.9 Å². The summed E-state index contributed by atoms with van der Waals surface area (Å²) in [4.78, 5) is 0. The molecule has 3 aromatic rings. The van der Waals surface area contributed by atoms with Crippen LogP contribution in [0.2, 0.25) is 0 Å². The van der Waals surface area contributed by atoms with Crippen molar-refractivity contribution < 1.29 is 14.3 Å². The predicted molar refractivity (Wildman–Crippen MR) is 110 cm³/mol. The lowest BCUT2D eigenvalue weighted by atomic mass is 9.88. The minimum Gasteiger partial charge on any atom is -0.490 e. The van der Waals surface area contributed by atoms with Crippen molar-refractivity contribution >= 4 is 23.4 Å². The van der Waals surface area contributed by atoms with Gasteiger partial charge >= 0.3 is 0 Å². The third-order valence-corrected chi connectivity index (χ3v) is 5.06. The van der Waals surface area contributed by atoms with E-state index in [1.165, 1.54) is 11.1 Å². The van der Waals surface area contributed by atoms with Crippen molar-refractivity contribution in [3.05, 3.63) is 65.4 Å². The van der Waals surface area contributed by atoms with Crippen molar-refractivity contribution in [2.45, 2.75) is 38.3 Å². The van der Waals surface area contributed by atoms with Crippen LogP contribution in [0.1, 0.15) is 23.3 Å². The molecule has 2 atom stereocenters. The molecule has 0 fully saturated rings. The fourth-order valence-corrected chi connectivity index (χ4v) is 3.71. The normalized spacial score (nSPS) is 17.2. The van der Waals surface area contributed by atoms with Gasteiger partial charge in [0.2, 0.25) is 0 Å². The molecule has 1 aliphatic rings. The molecule has 0 aliphatic heterocycles. The van der Waals surface area contributed by atoms with E-state index in [4.69, 9.17) is 9.15 Å². The minimum absolute atomic E-state index is 0. The Hall–Kier alpha value is -2.01. The molecule has 5 heteroatoms. The minimum atomic E-state index is -0.546. The van der Waals surface area contributed by atoms with Gasteiger partial charge in [-0.2, -0.15) is 0 Å². The lowest BCUT2D eigenvalue weighted by Gasteiger charge is -2.26. The number of nitrogens with one attached hydrogen (secondary N) is 1. The molecule has 0 radical (unpaired) electrons. The molecule has 4 nitrogen and oxygen atoms in total. The van der Waals surface area contributed by atoms with E-state index >= 15 is 0 Å². The van der Waals surface area contributed by atoms with Crippen molar-refractivity contribution in [2.75, 3.05) is 13.2 Å². The molecule has 1 heterocycles. The fourth-order valence-electron chi connectivity index (χ4n) is 3.71. The SMILES string of the molecule is Cc1cc2c(OCC(O)CNC3CCc4ccccc4C3)cccc2o1.Cl. The van der Waals surface area contributed by atoms with Crippen molar-refractivity contribution in [1.82, 2.24) is 5.32 Å². The monoisotopic (exact) mass is 387 g/mol. The van der Waals surface area contributed by atoms with Gasteiger partial charge in [0.25, 0.3) is 0 Å². The first-order valence-electron chi connectivity index (χ1n) is 9.29. The maximum Gasteiger partial charge on any atom is 0.137 e. The second-order valence-electron chi connectivity index (χ2n) is 7.11. The molecule has 2 N–H and O–H groups in total. The molecule has 0 saturated heterocycles. The zero-order chi connectivity index (χ0) is 17.9. The van der Waals surface area contributed by atoms with Crippen molar-refractivity contribution in [1.29, 1.82) is 0 Å². The smallest absolute Gasteiger partial charge is 0.137 e. The number of ether oxygens (including phenoxy) is 1. The molecule has 0 bridgehead atoms. The van der Waals surface area contributed by atoms with E-state index in [9.17, 15) is 5.11 Å². The van der Waals surface area contributed by atoms with Crippen LogP contribution >= 0.6 is 12.4 Å². The lowest BCUT2D eigenvalue weighted by molar-refractivity contribution is 0.104. The summed E-state index contributed by atoms with van der Waals surface area (Å²) in [5.41, 5.74) is 3.69. The summed E-state index contributed by atoms with van der Waals surface area (Å²) < 4.78 is 11.5. The van der Waals surface area contributed by atoms with Crippen LogP contribution in [0.3, 0.4) is 0 Å². The summed E-state index contributed by atoms with van der Waals surface area (Å²) in [6, 6.07) is 16.8. The Morgan fingerprint density at radius 1 is 1.19 bits per heavy atom. The van der Waals surface area contributed by atoms with Crippen LogP contribution in [-0.4, -0.2) is 30.4 Å². The van der Waals surface area contributed by atoms with Crippen molar-refractivity contribution in [2.24, 2.45) is 0 Å². The molecule has 1 aliphatic carbocycles. The van der Waals surface area contributed by atoms with E-state index in [0.29, 0.717) is 12.6 Å². The zero-order valence-corrected chi connectivity index (χ0v) is 16.3. The summed E-state index contributed by atoms with van der Waals surface area (Å²) in [6.45, 7) is 2.72. The van der Waals surface area contributed by atoms with Crippen molar-refractivity contribution in [3.8, 4) is 5.75 Å². The van der Waals surface area contributed by atoms with Gasteiger partial charge in [-0.25, -0.2) is 0 Å². The number of aliphatic hydroxyl groups is 1. The zero-order valence-electron chi connectivity index (χ0n) is 15.5. The van der Waals surface area contributed by atoms with Crippen molar-refractivity contribution in [3.63, 3.8) is 0 Å². The summed E-state index contributed by atoms with van der Waals surface area (Å²) >= 11 is 0. The Morgan fingerprint density at radius 3 is 2.85 bits per heavy atom. The van der Waals surface area contributed by atoms with Crippen LogP contribution in [0.4, 0.5) is 0 Å². The summed E-state index contributed by atoms with van der Waals surface area (Å²) in [7, 11) is 0. The highest BCUT2D eigenvalue weighted by Gasteiger charge is 2.19. The summed E-state index contributed by atoms with van der Waals surface area (Å²) in [5, 5.41) is 14.7. The van der Waals surface area contributed by atoms with Gasteiger partial charge in [-0.15, -0.1) is 12.4 Å². The molecule has 2 unspecified atom stereocenters. The largest absolute Gasteiger partial charge is 0.490 e. The fraction of sp³-hybridized carbons (Fsp3) is 0.364. The Labute approximate surface area is 165 Å². The standard InChI is InChI=1S/C22H25NO3.ClH/c1-15-11-20-21(7-4-8-22(20)26-15)25-14-19(24)13-23-18-10-9-16-5-2-3-6-17(16)12-18;/h2-8,11,18-19,23-24H,9-10,12-14H2,1H3;1H. The van der Waals surface area contributed by atoms with E-state index in [1.807, 2.05) is 31.2 Å². The van der Waals surface area contributed by atoms with Crippen LogP contribution < -0.4 is 10.1 Å². The maximum absolute atomic E-state index is 10.3. The number of hydrogen-bond acceptors (Lipinski definition) is 4. The van der Waals surface area contributed by atoms with Gasteiger partial charge in [0.1, 0.15) is 29.8 Å². The third kappa shape index (κ3) is 4.64. The number of fused-ring (bicyclic) bond motifs is 2. The van der Waals surface area contributed by atoms with Gasteiger partial charge in [0, 0.05) is 12.6 Å². The van der Waals surface area contributed by atoms with Gasteiger partial charge in [-0.3, -0.25) is 0 Å². The number of aliphatic hydroxyl groups excluding tert-OH is 1. The molecule has 4 rings (SSSR count). The van der Waals surface area contributed by atoms with E-state index in [2.05, 4.69) is 29.6 Å². The molecule has 144 valence electrons. The molecular formula is C22H26ClNO3. The van der Waals surface area contributed by atoms with Crippen LogP contribution in [0, 0.1) is 6.92 Å². The van der Waals surface area contributed by atoms with E-state index in [0.717, 1.165) is 41.7 Å². The van der Waals surface area contributed by atoms with Gasteiger partial charge in [0.05, 0.1) is 5.39 Å². The third-order valence-electron chi connectivity index (χ3n) is 5.06. The highest BCUT2D eigenvalue weighted by atomic mass is 35.5. The summed E-state index contributed by atoms with van der Waals surface area (Å²) in [5.74, 6) is 1.61. The van der Waals surface area contributed by atoms with Gasteiger partial charge in [-0.1, -0.05) is 30.3 Å². The predicted octanol–water partition coefficient (Wildman–Crippen LogP) is 4.05. The summed E-state index contributed by atoms with van der Waals surface area (Å²) in [6.07, 6.45) is 2.69. The highest BCUT2D eigenvalue weighted by molar-refractivity contribution is 5.85. The average molecular weight is 388 g/mol. The quantitative estimate of drug-likeness (QED) is 0.670. The van der Waals surface area contributed by atoms with E-state index in [1.54, 1.807) is 0 Å². The van der Waals surface area contributed by atoms with E-state index in [-0.39, 0.29) is 19.0 Å². The topological polar surface area (TPSA) is 54.6 Å². The number of halogens is 1. The molecule has 1 aromatic heterocycles. The number of rotatable bonds is 6. The number of benzene rings is 2. The van der Waals surface area contributed by atoms with Gasteiger partial charge in [0.15, 0.2) is 0 Å². The Balaban J connectivity index is 0.00000210. The maximum atomic E-state index is 10.3. The number of hydrogen-bond donors (Lipinski definition) is 2. The van der Waals surface area contributed by atoms with Crippen LogP contribution in [0.5, 0.6) is 5.75 Å². The Bertz CT molecular complexity index is 892. The highest BCUT2D eigenvalue weighted by Crippen LogP contribution is 2.28. The second kappa shape index (κ2) is 8.79. The number of aryl methyl sites for hydroxylation is 2. The number of furan rings is 1. The molecule has 0 saturated carbocycles. The molecule has 27 heavy (non-hydrogen) atoms. The van der Waals surface area contributed by atoms with E-state index < -0.39 is 6.10 Å². The van der Waals surface area contributed by atoms with Crippen LogP contribution in [0.25, 0.3) is 11.0 Å². The lowest BCUT2D eigenvalue weighted by Crippen LogP contribution is -2.40. The first-order valence-corrected chi connectivity index (χ1v) is 9.29. The second-order valence-corrected chi connectivity index (χ2v) is 7.11. The molecule has 0 amide bonds. The van der Waals surface area contributed by atoms with Crippen LogP contribution in [-0.2, 0) is 12.8 Å². The first kappa shape index (κ1) is 19.7. The Morgan fingerprint density at radius 2 is 2.00 bits per heavy atom. The van der Waals surface area contributed by atoms with Gasteiger partial charge in [-0.05, 0) is 55.5 Å². The molecular weight excluding hydrogens is 362 g/mol. The Kier molecular flexibility index (Phi) is 6.42.